The van der Waals surface area contributed by atoms with E-state index in [4.69, 9.17) is 9.68 Å². The molecule has 0 amide bonds. The Balaban J connectivity index is 1.64. The van der Waals surface area contributed by atoms with Crippen LogP contribution in [0.1, 0.15) is 17.5 Å². The summed E-state index contributed by atoms with van der Waals surface area (Å²) in [5, 5.41) is 25.8. The molecule has 4 N–H and O–H groups in total. The first-order chi connectivity index (χ1) is 12.1. The molecule has 0 aliphatic rings. The molecule has 0 radical (unpaired) electrons. The summed E-state index contributed by atoms with van der Waals surface area (Å²) in [4.78, 5) is 36.5. The minimum absolute atomic E-state index is 0.164. The number of rotatable bonds is 8. The van der Waals surface area contributed by atoms with Gasteiger partial charge in [-0.3, -0.25) is 9.78 Å². The molecule has 0 spiro atoms. The van der Waals surface area contributed by atoms with Gasteiger partial charge in [0.2, 0.25) is 0 Å². The Hall–Kier alpha value is -3.56. The second-order valence-electron chi connectivity index (χ2n) is 4.76. The molecule has 0 bridgehead atoms. The molecule has 10 nitrogen and oxygen atoms in total. The Kier molecular flexibility index (Phi) is 6.34. The van der Waals surface area contributed by atoms with Gasteiger partial charge in [0.05, 0.1) is 18.0 Å². The predicted molar refractivity (Wildman–Crippen MR) is 89.2 cm³/mol. The van der Waals surface area contributed by atoms with Crippen LogP contribution in [0.3, 0.4) is 0 Å². The number of aromatic hydroxyl groups is 2. The van der Waals surface area contributed by atoms with Crippen LogP contribution in [0.2, 0.25) is 0 Å². The standard InChI is InChI=1S/C15H16N4O6/c20-12-3-2-10(6-13(12)21)7-17-24-4-1-5-25-18-9-11-8-16-15(23)19-14(11)22/h2-3,6-9,20-21H,1,4-5H2,(H2,16,19,22,23)/b17-7+,18-9+. The highest BCUT2D eigenvalue weighted by molar-refractivity contribution is 5.80. The number of H-pyrrole nitrogens is 2. The molecule has 132 valence electrons. The first-order valence-electron chi connectivity index (χ1n) is 7.21. The highest BCUT2D eigenvalue weighted by Crippen LogP contribution is 2.23. The largest absolute Gasteiger partial charge is 0.504 e. The molecular weight excluding hydrogens is 332 g/mol. The first kappa shape index (κ1) is 17.8. The molecule has 25 heavy (non-hydrogen) atoms. The van der Waals surface area contributed by atoms with E-state index >= 15 is 0 Å². The third-order valence-electron chi connectivity index (χ3n) is 2.86. The molecule has 1 aromatic heterocycles. The third-order valence-corrected chi connectivity index (χ3v) is 2.86. The molecule has 0 aliphatic heterocycles. The number of hydrogen-bond donors (Lipinski definition) is 4. The highest BCUT2D eigenvalue weighted by atomic mass is 16.6. The number of hydrogen-bond acceptors (Lipinski definition) is 8. The number of nitrogens with one attached hydrogen (secondary N) is 2. The van der Waals surface area contributed by atoms with E-state index in [1.54, 1.807) is 6.07 Å². The van der Waals surface area contributed by atoms with Crippen molar-refractivity contribution in [2.24, 2.45) is 10.3 Å². The zero-order valence-electron chi connectivity index (χ0n) is 13.0. The summed E-state index contributed by atoms with van der Waals surface area (Å²) in [6.07, 6.45) is 4.30. The van der Waals surface area contributed by atoms with Crippen LogP contribution in [0.5, 0.6) is 11.5 Å². The van der Waals surface area contributed by atoms with Crippen molar-refractivity contribution in [1.82, 2.24) is 9.97 Å². The molecule has 0 fully saturated rings. The van der Waals surface area contributed by atoms with Gasteiger partial charge in [-0.1, -0.05) is 10.3 Å². The van der Waals surface area contributed by atoms with Gasteiger partial charge in [-0.2, -0.15) is 0 Å². The number of aromatic nitrogens is 2. The lowest BCUT2D eigenvalue weighted by Gasteiger charge is -2.00. The lowest BCUT2D eigenvalue weighted by molar-refractivity contribution is 0.0914. The fourth-order valence-corrected chi connectivity index (χ4v) is 1.62. The van der Waals surface area contributed by atoms with Gasteiger partial charge < -0.3 is 24.9 Å². The minimum atomic E-state index is -0.594. The SMILES string of the molecule is O=c1[nH]cc(/C=N/OCCCO/N=C/c2ccc(O)c(O)c2)c(=O)[nH]1. The van der Waals surface area contributed by atoms with E-state index in [9.17, 15) is 19.8 Å². The monoisotopic (exact) mass is 348 g/mol. The number of phenols is 2. The van der Waals surface area contributed by atoms with Gasteiger partial charge in [0.25, 0.3) is 5.56 Å². The maximum atomic E-state index is 11.3. The van der Waals surface area contributed by atoms with Gasteiger partial charge in [-0.05, 0) is 23.8 Å². The average molecular weight is 348 g/mol. The summed E-state index contributed by atoms with van der Waals surface area (Å²) in [6, 6.07) is 4.26. The summed E-state index contributed by atoms with van der Waals surface area (Å²) < 4.78 is 0. The number of aromatic amines is 2. The zero-order chi connectivity index (χ0) is 18.1. The van der Waals surface area contributed by atoms with Crippen LogP contribution >= 0.6 is 0 Å². The van der Waals surface area contributed by atoms with Gasteiger partial charge in [-0.25, -0.2) is 4.79 Å². The lowest BCUT2D eigenvalue weighted by atomic mass is 10.2. The van der Waals surface area contributed by atoms with Gasteiger partial charge in [-0.15, -0.1) is 0 Å². The minimum Gasteiger partial charge on any atom is -0.504 e. The number of nitrogens with zero attached hydrogens (tertiary/aromatic N) is 2. The Morgan fingerprint density at radius 1 is 1.04 bits per heavy atom. The Bertz CT molecular complexity index is 871. The van der Waals surface area contributed by atoms with Gasteiger partial charge in [0, 0.05) is 12.6 Å². The molecule has 2 rings (SSSR count). The van der Waals surface area contributed by atoms with E-state index in [-0.39, 0.29) is 30.3 Å². The van der Waals surface area contributed by atoms with Gasteiger partial charge in [0.1, 0.15) is 13.2 Å². The van der Waals surface area contributed by atoms with E-state index in [0.717, 1.165) is 0 Å². The van der Waals surface area contributed by atoms with Crippen molar-refractivity contribution in [3.8, 4) is 11.5 Å². The number of benzene rings is 1. The topological polar surface area (TPSA) is 149 Å². The summed E-state index contributed by atoms with van der Waals surface area (Å²) in [6.45, 7) is 0.516. The van der Waals surface area contributed by atoms with Crippen molar-refractivity contribution in [2.75, 3.05) is 13.2 Å². The molecule has 0 aliphatic carbocycles. The molecule has 2 aromatic rings. The fraction of sp³-hybridized carbons (Fsp3) is 0.200. The van der Waals surface area contributed by atoms with Crippen molar-refractivity contribution in [1.29, 1.82) is 0 Å². The highest BCUT2D eigenvalue weighted by Gasteiger charge is 1.98. The van der Waals surface area contributed by atoms with E-state index in [2.05, 4.69) is 20.3 Å². The van der Waals surface area contributed by atoms with Gasteiger partial charge in [0.15, 0.2) is 11.5 Å². The van der Waals surface area contributed by atoms with E-state index < -0.39 is 11.2 Å². The summed E-state index contributed by atoms with van der Waals surface area (Å²) in [5.41, 5.74) is -0.419. The van der Waals surface area contributed by atoms with E-state index in [0.29, 0.717) is 12.0 Å². The average Bonchev–Trinajstić information content (AvgIpc) is 2.58. The van der Waals surface area contributed by atoms with Crippen molar-refractivity contribution < 1.29 is 19.9 Å². The van der Waals surface area contributed by atoms with E-state index in [1.165, 1.54) is 30.8 Å². The third kappa shape index (κ3) is 5.86. The van der Waals surface area contributed by atoms with Crippen molar-refractivity contribution in [3.63, 3.8) is 0 Å². The maximum Gasteiger partial charge on any atom is 0.325 e. The molecule has 10 heteroatoms. The predicted octanol–water partition coefficient (Wildman–Crippen LogP) is 0.266. The van der Waals surface area contributed by atoms with Crippen LogP contribution in [0, 0.1) is 0 Å². The van der Waals surface area contributed by atoms with Crippen LogP contribution in [0.4, 0.5) is 0 Å². The van der Waals surface area contributed by atoms with Crippen molar-refractivity contribution >= 4 is 12.4 Å². The summed E-state index contributed by atoms with van der Waals surface area (Å²) >= 11 is 0. The molecule has 1 heterocycles. The quantitative estimate of drug-likeness (QED) is 0.233. The second kappa shape index (κ2) is 8.91. The smallest absolute Gasteiger partial charge is 0.325 e. The molecule has 1 aromatic carbocycles. The Morgan fingerprint density at radius 3 is 2.44 bits per heavy atom. The summed E-state index contributed by atoms with van der Waals surface area (Å²) in [7, 11) is 0. The molecule has 0 saturated carbocycles. The molecule has 0 saturated heterocycles. The van der Waals surface area contributed by atoms with Crippen LogP contribution in [0.25, 0.3) is 0 Å². The number of oxime groups is 2. The van der Waals surface area contributed by atoms with Crippen LogP contribution in [-0.2, 0) is 9.68 Å². The first-order valence-corrected chi connectivity index (χ1v) is 7.21. The summed E-state index contributed by atoms with van der Waals surface area (Å²) in [5.74, 6) is -0.448. The molecular formula is C15H16N4O6. The zero-order valence-corrected chi connectivity index (χ0v) is 13.0. The molecule has 0 unspecified atom stereocenters. The van der Waals surface area contributed by atoms with Gasteiger partial charge >= 0.3 is 5.69 Å². The fourth-order valence-electron chi connectivity index (χ4n) is 1.62. The van der Waals surface area contributed by atoms with Crippen LogP contribution in [-0.4, -0.2) is 45.8 Å². The normalized spacial score (nSPS) is 11.2. The van der Waals surface area contributed by atoms with Crippen molar-refractivity contribution in [2.45, 2.75) is 6.42 Å². The Labute approximate surface area is 141 Å². The Morgan fingerprint density at radius 2 is 1.76 bits per heavy atom. The van der Waals surface area contributed by atoms with Crippen molar-refractivity contribution in [3.05, 3.63) is 56.4 Å². The molecule has 0 atom stereocenters. The van der Waals surface area contributed by atoms with Crippen LogP contribution < -0.4 is 11.2 Å². The second-order valence-corrected chi connectivity index (χ2v) is 4.76. The number of phenolic OH excluding ortho intramolecular Hbond substituents is 2. The lowest BCUT2D eigenvalue weighted by Crippen LogP contribution is -2.24. The maximum absolute atomic E-state index is 11.3. The van der Waals surface area contributed by atoms with E-state index in [1.807, 2.05) is 0 Å². The van der Waals surface area contributed by atoms with Crippen LogP contribution in [0.15, 0.2) is 44.3 Å².